The van der Waals surface area contributed by atoms with Gasteiger partial charge in [0, 0.05) is 6.92 Å². The zero-order chi connectivity index (χ0) is 13.1. The quantitative estimate of drug-likeness (QED) is 0.362. The average Bonchev–Trinajstić information content (AvgIpc) is 2.23. The smallest absolute Gasteiger partial charge is 0.462 e. The standard InChI is InChI=1S/C10H19O6P/c1-4-14-17(12,15-5-2)16-9-7-6-8-13-10(3)11/h6-7H,4-5,8-9H2,1-3H3/b7-6-. The summed E-state index contributed by atoms with van der Waals surface area (Å²) >= 11 is 0. The van der Waals surface area contributed by atoms with Crippen molar-refractivity contribution >= 4 is 13.8 Å². The Bertz CT molecular complexity index is 279. The van der Waals surface area contributed by atoms with E-state index in [1.165, 1.54) is 6.92 Å². The molecule has 0 spiro atoms. The summed E-state index contributed by atoms with van der Waals surface area (Å²) in [6.45, 7) is 5.44. The molecule has 0 amide bonds. The molecule has 0 aliphatic heterocycles. The van der Waals surface area contributed by atoms with Gasteiger partial charge in [-0.3, -0.25) is 18.4 Å². The molecule has 0 aromatic rings. The van der Waals surface area contributed by atoms with Crippen LogP contribution in [0.2, 0.25) is 0 Å². The summed E-state index contributed by atoms with van der Waals surface area (Å²) in [4.78, 5) is 10.4. The normalized spacial score (nSPS) is 11.9. The van der Waals surface area contributed by atoms with E-state index < -0.39 is 7.82 Å². The topological polar surface area (TPSA) is 71.1 Å². The van der Waals surface area contributed by atoms with E-state index in [1.807, 2.05) is 0 Å². The largest absolute Gasteiger partial charge is 0.475 e. The van der Waals surface area contributed by atoms with Gasteiger partial charge in [0.1, 0.15) is 6.61 Å². The van der Waals surface area contributed by atoms with E-state index in [4.69, 9.17) is 13.6 Å². The van der Waals surface area contributed by atoms with Crippen LogP contribution in [-0.4, -0.2) is 32.4 Å². The molecule has 17 heavy (non-hydrogen) atoms. The van der Waals surface area contributed by atoms with Gasteiger partial charge in [-0.2, -0.15) is 0 Å². The number of hydrogen-bond acceptors (Lipinski definition) is 6. The van der Waals surface area contributed by atoms with Crippen LogP contribution >= 0.6 is 7.82 Å². The lowest BCUT2D eigenvalue weighted by Gasteiger charge is -2.14. The van der Waals surface area contributed by atoms with Crippen molar-refractivity contribution in [1.82, 2.24) is 0 Å². The van der Waals surface area contributed by atoms with Gasteiger partial charge < -0.3 is 4.74 Å². The van der Waals surface area contributed by atoms with E-state index in [1.54, 1.807) is 26.0 Å². The van der Waals surface area contributed by atoms with Crippen LogP contribution in [0.4, 0.5) is 0 Å². The van der Waals surface area contributed by atoms with Gasteiger partial charge in [-0.15, -0.1) is 0 Å². The maximum atomic E-state index is 11.8. The monoisotopic (exact) mass is 266 g/mol. The fourth-order valence-corrected chi connectivity index (χ4v) is 1.99. The predicted octanol–water partition coefficient (Wildman–Crippen LogP) is 2.30. The van der Waals surface area contributed by atoms with E-state index >= 15 is 0 Å². The van der Waals surface area contributed by atoms with Crippen LogP contribution in [0.1, 0.15) is 20.8 Å². The Kier molecular flexibility index (Phi) is 8.99. The van der Waals surface area contributed by atoms with Gasteiger partial charge >= 0.3 is 13.8 Å². The van der Waals surface area contributed by atoms with Gasteiger partial charge in [0.15, 0.2) is 0 Å². The lowest BCUT2D eigenvalue weighted by atomic mass is 10.5. The Labute approximate surface area is 101 Å². The van der Waals surface area contributed by atoms with Crippen molar-refractivity contribution in [1.29, 1.82) is 0 Å². The molecule has 6 nitrogen and oxygen atoms in total. The molecule has 0 rings (SSSR count). The van der Waals surface area contributed by atoms with E-state index in [0.717, 1.165) is 0 Å². The highest BCUT2D eigenvalue weighted by Crippen LogP contribution is 2.48. The number of hydrogen-bond donors (Lipinski definition) is 0. The molecule has 0 N–H and O–H groups in total. The Balaban J connectivity index is 3.89. The Hall–Kier alpha value is -0.680. The first-order valence-electron chi connectivity index (χ1n) is 5.36. The van der Waals surface area contributed by atoms with Crippen LogP contribution in [0.3, 0.4) is 0 Å². The molecule has 0 bridgehead atoms. The van der Waals surface area contributed by atoms with Gasteiger partial charge in [-0.1, -0.05) is 6.08 Å². The molecular formula is C10H19O6P. The molecule has 100 valence electrons. The fourth-order valence-electron chi connectivity index (χ4n) is 0.864. The molecular weight excluding hydrogens is 247 g/mol. The van der Waals surface area contributed by atoms with Crippen LogP contribution in [0.25, 0.3) is 0 Å². The molecule has 0 saturated carbocycles. The minimum atomic E-state index is -3.45. The van der Waals surface area contributed by atoms with Gasteiger partial charge in [0.25, 0.3) is 0 Å². The van der Waals surface area contributed by atoms with Crippen LogP contribution in [0.5, 0.6) is 0 Å². The zero-order valence-corrected chi connectivity index (χ0v) is 11.3. The van der Waals surface area contributed by atoms with Crippen molar-refractivity contribution in [3.63, 3.8) is 0 Å². The summed E-state index contributed by atoms with van der Waals surface area (Å²) in [5.74, 6) is -0.357. The second-order valence-electron chi connectivity index (χ2n) is 2.85. The third-order valence-electron chi connectivity index (χ3n) is 1.45. The third kappa shape index (κ3) is 9.06. The van der Waals surface area contributed by atoms with Crippen molar-refractivity contribution in [2.45, 2.75) is 20.8 Å². The predicted molar refractivity (Wildman–Crippen MR) is 62.6 cm³/mol. The van der Waals surface area contributed by atoms with E-state index in [2.05, 4.69) is 4.74 Å². The Morgan fingerprint density at radius 2 is 1.59 bits per heavy atom. The molecule has 7 heteroatoms. The highest BCUT2D eigenvalue weighted by atomic mass is 31.2. The number of phosphoric acid groups is 1. The van der Waals surface area contributed by atoms with Gasteiger partial charge in [0.05, 0.1) is 19.8 Å². The molecule has 0 fully saturated rings. The number of esters is 1. The molecule has 0 aliphatic carbocycles. The van der Waals surface area contributed by atoms with E-state index in [0.29, 0.717) is 0 Å². The number of phosphoric ester groups is 1. The maximum Gasteiger partial charge on any atom is 0.475 e. The first-order chi connectivity index (χ1) is 8.04. The highest BCUT2D eigenvalue weighted by Gasteiger charge is 2.24. The van der Waals surface area contributed by atoms with Crippen LogP contribution in [-0.2, 0) is 27.7 Å². The van der Waals surface area contributed by atoms with Crippen molar-refractivity contribution in [2.24, 2.45) is 0 Å². The fraction of sp³-hybridized carbons (Fsp3) is 0.700. The molecule has 0 aromatic carbocycles. The van der Waals surface area contributed by atoms with Crippen LogP contribution < -0.4 is 0 Å². The maximum absolute atomic E-state index is 11.8. The van der Waals surface area contributed by atoms with Gasteiger partial charge in [-0.25, -0.2) is 4.57 Å². The van der Waals surface area contributed by atoms with E-state index in [9.17, 15) is 9.36 Å². The molecule has 0 heterocycles. The van der Waals surface area contributed by atoms with Gasteiger partial charge in [0.2, 0.25) is 0 Å². The van der Waals surface area contributed by atoms with Crippen molar-refractivity contribution in [2.75, 3.05) is 26.4 Å². The Morgan fingerprint density at radius 3 is 2.06 bits per heavy atom. The summed E-state index contributed by atoms with van der Waals surface area (Å²) in [7, 11) is -3.45. The summed E-state index contributed by atoms with van der Waals surface area (Å²) in [6.07, 6.45) is 3.16. The third-order valence-corrected chi connectivity index (χ3v) is 3.07. The van der Waals surface area contributed by atoms with E-state index in [-0.39, 0.29) is 32.4 Å². The first kappa shape index (κ1) is 16.3. The summed E-state index contributed by atoms with van der Waals surface area (Å²) < 4.78 is 31.2. The molecule has 0 unspecified atom stereocenters. The Morgan fingerprint density at radius 1 is 1.06 bits per heavy atom. The first-order valence-corrected chi connectivity index (χ1v) is 6.82. The molecule has 0 aliphatic rings. The van der Waals surface area contributed by atoms with Crippen LogP contribution in [0, 0.1) is 0 Å². The zero-order valence-electron chi connectivity index (χ0n) is 10.4. The minimum absolute atomic E-state index is 0.0680. The molecule has 0 aromatic heterocycles. The van der Waals surface area contributed by atoms with Crippen molar-refractivity contribution in [3.8, 4) is 0 Å². The minimum Gasteiger partial charge on any atom is -0.462 e. The molecule has 0 atom stereocenters. The second-order valence-corrected chi connectivity index (χ2v) is 4.52. The highest BCUT2D eigenvalue weighted by molar-refractivity contribution is 7.48. The number of carbonyl (C=O) groups excluding carboxylic acids is 1. The second kappa shape index (κ2) is 9.36. The lowest BCUT2D eigenvalue weighted by molar-refractivity contribution is -0.139. The lowest BCUT2D eigenvalue weighted by Crippen LogP contribution is -2.01. The summed E-state index contributed by atoms with van der Waals surface area (Å²) in [6, 6.07) is 0. The van der Waals surface area contributed by atoms with Crippen LogP contribution in [0.15, 0.2) is 12.2 Å². The van der Waals surface area contributed by atoms with Crippen molar-refractivity contribution < 1.29 is 27.7 Å². The number of carbonyl (C=O) groups is 1. The summed E-state index contributed by atoms with van der Waals surface area (Å²) in [5, 5.41) is 0. The molecule has 0 radical (unpaired) electrons. The SMILES string of the molecule is CCOP(=O)(OCC)OC/C=C\COC(C)=O. The average molecular weight is 266 g/mol. The van der Waals surface area contributed by atoms with Crippen molar-refractivity contribution in [3.05, 3.63) is 12.2 Å². The van der Waals surface area contributed by atoms with Gasteiger partial charge in [-0.05, 0) is 19.9 Å². The molecule has 0 saturated heterocycles. The number of ether oxygens (including phenoxy) is 1. The summed E-state index contributed by atoms with van der Waals surface area (Å²) in [5.41, 5.74) is 0. The number of rotatable bonds is 9.